The topological polar surface area (TPSA) is 47.6 Å². The van der Waals surface area contributed by atoms with Gasteiger partial charge in [-0.15, -0.1) is 0 Å². The van der Waals surface area contributed by atoms with Gasteiger partial charge in [-0.25, -0.2) is 0 Å². The van der Waals surface area contributed by atoms with Gasteiger partial charge in [-0.3, -0.25) is 4.79 Å². The van der Waals surface area contributed by atoms with Crippen molar-refractivity contribution in [2.45, 2.75) is 11.4 Å². The van der Waals surface area contributed by atoms with E-state index in [1.807, 2.05) is 18.2 Å². The van der Waals surface area contributed by atoms with Gasteiger partial charge in [0.1, 0.15) is 4.83 Å². The van der Waals surface area contributed by atoms with Gasteiger partial charge in [0.05, 0.1) is 13.7 Å². The molecule has 0 radical (unpaired) electrons. The summed E-state index contributed by atoms with van der Waals surface area (Å²) in [4.78, 5) is 10.9. The Bertz CT molecular complexity index is 412. The molecule has 0 spiro atoms. The zero-order valence-electron chi connectivity index (χ0n) is 10.2. The van der Waals surface area contributed by atoms with Crippen LogP contribution in [0.15, 0.2) is 22.7 Å². The average Bonchev–Trinajstić information content (AvgIpc) is 2.38. The summed E-state index contributed by atoms with van der Waals surface area (Å²) >= 11 is 6.74. The number of methoxy groups -OCH3 is 2. The molecule has 0 heterocycles. The minimum Gasteiger partial charge on any atom is -0.468 e. The van der Waals surface area contributed by atoms with E-state index in [4.69, 9.17) is 4.74 Å². The number of hydrogen-bond acceptors (Lipinski definition) is 4. The molecule has 0 amide bonds. The number of halogens is 2. The van der Waals surface area contributed by atoms with Gasteiger partial charge >= 0.3 is 5.97 Å². The lowest BCUT2D eigenvalue weighted by Crippen LogP contribution is -2.24. The molecule has 0 bridgehead atoms. The van der Waals surface area contributed by atoms with Gasteiger partial charge in [0.15, 0.2) is 0 Å². The summed E-state index contributed by atoms with van der Waals surface area (Å²) in [5.74, 6) is -0.300. The van der Waals surface area contributed by atoms with Gasteiger partial charge in [0.2, 0.25) is 0 Å². The van der Waals surface area contributed by atoms with E-state index in [0.717, 1.165) is 15.7 Å². The number of nitrogens with one attached hydrogen (secondary N) is 1. The van der Waals surface area contributed by atoms with Crippen LogP contribution < -0.4 is 5.32 Å². The number of esters is 1. The third-order valence-corrected chi connectivity index (χ3v) is 3.78. The van der Waals surface area contributed by atoms with Crippen molar-refractivity contribution < 1.29 is 14.3 Å². The van der Waals surface area contributed by atoms with Crippen molar-refractivity contribution in [1.29, 1.82) is 0 Å². The van der Waals surface area contributed by atoms with Crippen LogP contribution in [0.3, 0.4) is 0 Å². The number of benzene rings is 1. The lowest BCUT2D eigenvalue weighted by molar-refractivity contribution is -0.139. The second-order valence-corrected chi connectivity index (χ2v) is 5.53. The number of anilines is 1. The molecule has 1 atom stereocenters. The molecular formula is C12H15Br2NO3. The Morgan fingerprint density at radius 2 is 2.17 bits per heavy atom. The summed E-state index contributed by atoms with van der Waals surface area (Å²) in [6, 6.07) is 5.81. The fourth-order valence-corrected chi connectivity index (χ4v) is 2.26. The van der Waals surface area contributed by atoms with E-state index in [9.17, 15) is 4.79 Å². The largest absolute Gasteiger partial charge is 0.468 e. The lowest BCUT2D eigenvalue weighted by Gasteiger charge is -2.15. The number of carbonyl (C=O) groups excluding carboxylic acids is 1. The SMILES string of the molecule is COCc1c(Br)cccc1NCC(Br)C(=O)OC. The number of ether oxygens (including phenoxy) is 2. The van der Waals surface area contributed by atoms with Crippen LogP contribution in [0, 0.1) is 0 Å². The van der Waals surface area contributed by atoms with Crippen LogP contribution in [0.2, 0.25) is 0 Å². The van der Waals surface area contributed by atoms with Crippen molar-refractivity contribution >= 4 is 43.5 Å². The molecule has 18 heavy (non-hydrogen) atoms. The monoisotopic (exact) mass is 379 g/mol. The highest BCUT2D eigenvalue weighted by atomic mass is 79.9. The highest BCUT2D eigenvalue weighted by molar-refractivity contribution is 9.10. The van der Waals surface area contributed by atoms with Crippen molar-refractivity contribution in [3.05, 3.63) is 28.2 Å². The first-order valence-corrected chi connectivity index (χ1v) is 7.03. The van der Waals surface area contributed by atoms with E-state index in [1.54, 1.807) is 7.11 Å². The third kappa shape index (κ3) is 4.26. The predicted octanol–water partition coefficient (Wildman–Crippen LogP) is 2.94. The Hall–Kier alpha value is -0.590. The van der Waals surface area contributed by atoms with Crippen LogP contribution >= 0.6 is 31.9 Å². The Morgan fingerprint density at radius 1 is 1.44 bits per heavy atom. The fourth-order valence-electron chi connectivity index (χ4n) is 1.43. The van der Waals surface area contributed by atoms with Crippen LogP contribution in [0.25, 0.3) is 0 Å². The number of rotatable bonds is 6. The van der Waals surface area contributed by atoms with Gasteiger partial charge in [0, 0.05) is 29.4 Å². The molecule has 1 unspecified atom stereocenters. The molecular weight excluding hydrogens is 366 g/mol. The van der Waals surface area contributed by atoms with Gasteiger partial charge in [0.25, 0.3) is 0 Å². The van der Waals surface area contributed by atoms with Crippen LogP contribution in [0.4, 0.5) is 5.69 Å². The van der Waals surface area contributed by atoms with Crippen LogP contribution in [0.1, 0.15) is 5.56 Å². The maximum atomic E-state index is 11.3. The maximum absolute atomic E-state index is 11.3. The quantitative estimate of drug-likeness (QED) is 0.608. The van der Waals surface area contributed by atoms with Crippen molar-refractivity contribution in [2.24, 2.45) is 0 Å². The summed E-state index contributed by atoms with van der Waals surface area (Å²) in [5, 5.41) is 3.20. The standard InChI is InChI=1S/C12H15Br2NO3/c1-17-7-8-9(13)4-3-5-11(8)15-6-10(14)12(16)18-2/h3-5,10,15H,6-7H2,1-2H3. The fraction of sp³-hybridized carbons (Fsp3) is 0.417. The average molecular weight is 381 g/mol. The minimum absolute atomic E-state index is 0.300. The van der Waals surface area contributed by atoms with Crippen molar-refractivity contribution in [3.8, 4) is 0 Å². The highest BCUT2D eigenvalue weighted by Crippen LogP contribution is 2.25. The van der Waals surface area contributed by atoms with Crippen molar-refractivity contribution in [3.63, 3.8) is 0 Å². The summed E-state index contributed by atoms with van der Waals surface area (Å²) < 4.78 is 10.8. The molecule has 0 aromatic heterocycles. The number of carbonyl (C=O) groups is 1. The molecule has 1 aromatic rings. The molecule has 0 saturated heterocycles. The normalized spacial score (nSPS) is 12.0. The smallest absolute Gasteiger partial charge is 0.321 e. The first-order chi connectivity index (χ1) is 8.60. The molecule has 1 N–H and O–H groups in total. The Labute approximate surface area is 123 Å². The zero-order chi connectivity index (χ0) is 13.5. The molecule has 0 aliphatic rings. The number of hydrogen-bond donors (Lipinski definition) is 1. The summed E-state index contributed by atoms with van der Waals surface area (Å²) in [5.41, 5.74) is 1.95. The molecule has 100 valence electrons. The molecule has 4 nitrogen and oxygen atoms in total. The highest BCUT2D eigenvalue weighted by Gasteiger charge is 2.15. The van der Waals surface area contributed by atoms with Crippen LogP contribution in [-0.2, 0) is 20.9 Å². The second-order valence-electron chi connectivity index (χ2n) is 3.57. The molecule has 0 aliphatic carbocycles. The first-order valence-electron chi connectivity index (χ1n) is 5.32. The van der Waals surface area contributed by atoms with Crippen molar-refractivity contribution in [1.82, 2.24) is 0 Å². The molecule has 0 fully saturated rings. The number of alkyl halides is 1. The first kappa shape index (κ1) is 15.5. The van der Waals surface area contributed by atoms with E-state index in [-0.39, 0.29) is 10.8 Å². The molecule has 0 aliphatic heterocycles. The predicted molar refractivity (Wildman–Crippen MR) is 78.1 cm³/mol. The summed E-state index contributed by atoms with van der Waals surface area (Å²) in [6.07, 6.45) is 0. The molecule has 6 heteroatoms. The van der Waals surface area contributed by atoms with Crippen LogP contribution in [0.5, 0.6) is 0 Å². The van der Waals surface area contributed by atoms with Gasteiger partial charge in [-0.05, 0) is 12.1 Å². The Balaban J connectivity index is 2.72. The van der Waals surface area contributed by atoms with E-state index in [0.29, 0.717) is 13.2 Å². The van der Waals surface area contributed by atoms with E-state index < -0.39 is 0 Å². The molecule has 0 saturated carbocycles. The molecule has 1 rings (SSSR count). The lowest BCUT2D eigenvalue weighted by atomic mass is 10.2. The van der Waals surface area contributed by atoms with E-state index in [1.165, 1.54) is 7.11 Å². The zero-order valence-corrected chi connectivity index (χ0v) is 13.4. The third-order valence-electron chi connectivity index (χ3n) is 2.34. The molecule has 1 aromatic carbocycles. The minimum atomic E-state index is -0.378. The Kier molecular flexibility index (Phi) is 6.67. The van der Waals surface area contributed by atoms with E-state index in [2.05, 4.69) is 41.9 Å². The van der Waals surface area contributed by atoms with Crippen LogP contribution in [-0.4, -0.2) is 31.6 Å². The van der Waals surface area contributed by atoms with Crippen molar-refractivity contribution in [2.75, 3.05) is 26.1 Å². The Morgan fingerprint density at radius 3 is 2.78 bits per heavy atom. The van der Waals surface area contributed by atoms with Gasteiger partial charge in [-0.2, -0.15) is 0 Å². The second kappa shape index (κ2) is 7.76. The van der Waals surface area contributed by atoms with Gasteiger partial charge in [-0.1, -0.05) is 37.9 Å². The van der Waals surface area contributed by atoms with E-state index >= 15 is 0 Å². The summed E-state index contributed by atoms with van der Waals surface area (Å²) in [6.45, 7) is 0.939. The maximum Gasteiger partial charge on any atom is 0.321 e. The van der Waals surface area contributed by atoms with Gasteiger partial charge < -0.3 is 14.8 Å². The summed E-state index contributed by atoms with van der Waals surface area (Å²) in [7, 11) is 3.01.